The van der Waals surface area contributed by atoms with Gasteiger partial charge in [0.1, 0.15) is 6.04 Å². The van der Waals surface area contributed by atoms with Gasteiger partial charge in [-0.1, -0.05) is 0 Å². The maximum Gasteiger partial charge on any atom is 0.326 e. The van der Waals surface area contributed by atoms with Crippen LogP contribution in [0, 0.1) is 0 Å². The molecule has 3 rings (SSSR count). The van der Waals surface area contributed by atoms with Crippen LogP contribution in [-0.4, -0.2) is 61.1 Å². The van der Waals surface area contributed by atoms with Crippen LogP contribution in [0.1, 0.15) is 23.2 Å². The van der Waals surface area contributed by atoms with Crippen LogP contribution in [0.3, 0.4) is 0 Å². The molecule has 3 aromatic rings. The summed E-state index contributed by atoms with van der Waals surface area (Å²) in [6.07, 6.45) is 0.880. The summed E-state index contributed by atoms with van der Waals surface area (Å²) in [6, 6.07) is 4.97. The smallest absolute Gasteiger partial charge is 0.326 e. The number of aliphatic carboxylic acids is 2. The highest BCUT2D eigenvalue weighted by atomic mass is 16.4. The van der Waals surface area contributed by atoms with Crippen LogP contribution in [0.2, 0.25) is 0 Å². The van der Waals surface area contributed by atoms with Gasteiger partial charge in [0, 0.05) is 24.7 Å². The van der Waals surface area contributed by atoms with Gasteiger partial charge in [0.05, 0.1) is 6.20 Å². The SMILES string of the molecule is CN(c1ccc(C(=O)NC(CCC(=O)O)C(=O)O)cc1)c1cnc2c(N)nc(N)nc2n1. The van der Waals surface area contributed by atoms with Crippen molar-refractivity contribution in [1.82, 2.24) is 25.3 Å². The number of carbonyl (C=O) groups is 3. The molecule has 13 heteroatoms. The number of nitrogens with two attached hydrogens (primary N) is 2. The Morgan fingerprint density at radius 2 is 1.78 bits per heavy atom. The first-order valence-corrected chi connectivity index (χ1v) is 9.30. The zero-order valence-corrected chi connectivity index (χ0v) is 16.9. The van der Waals surface area contributed by atoms with E-state index in [2.05, 4.69) is 25.3 Å². The number of benzene rings is 1. The van der Waals surface area contributed by atoms with Crippen molar-refractivity contribution in [3.63, 3.8) is 0 Å². The predicted octanol–water partition coefficient (Wildman–Crippen LogP) is 0.400. The van der Waals surface area contributed by atoms with Crippen molar-refractivity contribution in [3.8, 4) is 0 Å². The highest BCUT2D eigenvalue weighted by Crippen LogP contribution is 2.24. The number of anilines is 4. The Hall–Kier alpha value is -4.55. The predicted molar refractivity (Wildman–Crippen MR) is 114 cm³/mol. The van der Waals surface area contributed by atoms with E-state index in [1.165, 1.54) is 18.3 Å². The van der Waals surface area contributed by atoms with E-state index in [0.29, 0.717) is 17.0 Å². The lowest BCUT2D eigenvalue weighted by atomic mass is 10.1. The molecular formula is C19H20N8O5. The summed E-state index contributed by atoms with van der Waals surface area (Å²) in [5.41, 5.74) is 12.8. The average Bonchev–Trinajstić information content (AvgIpc) is 2.75. The lowest BCUT2D eigenvalue weighted by Crippen LogP contribution is -2.41. The zero-order valence-electron chi connectivity index (χ0n) is 16.9. The Kier molecular flexibility index (Phi) is 6.28. The lowest BCUT2D eigenvalue weighted by Gasteiger charge is -2.19. The summed E-state index contributed by atoms with van der Waals surface area (Å²) in [4.78, 5) is 52.5. The summed E-state index contributed by atoms with van der Waals surface area (Å²) in [5.74, 6) is -2.56. The van der Waals surface area contributed by atoms with Crippen molar-refractivity contribution in [2.45, 2.75) is 18.9 Å². The molecule has 32 heavy (non-hydrogen) atoms. The van der Waals surface area contributed by atoms with E-state index in [4.69, 9.17) is 16.6 Å². The molecule has 1 unspecified atom stereocenters. The van der Waals surface area contributed by atoms with Crippen molar-refractivity contribution >= 4 is 52.3 Å². The first-order chi connectivity index (χ1) is 15.2. The molecule has 1 atom stereocenters. The Morgan fingerprint density at radius 3 is 2.41 bits per heavy atom. The number of nitrogen functional groups attached to an aromatic ring is 2. The van der Waals surface area contributed by atoms with Crippen molar-refractivity contribution in [3.05, 3.63) is 36.0 Å². The fraction of sp³-hybridized carbons (Fsp3) is 0.211. The van der Waals surface area contributed by atoms with Crippen LogP contribution in [0.25, 0.3) is 11.2 Å². The molecular weight excluding hydrogens is 420 g/mol. The van der Waals surface area contributed by atoms with E-state index in [9.17, 15) is 19.5 Å². The molecule has 0 fully saturated rings. The molecule has 0 saturated carbocycles. The molecule has 166 valence electrons. The second kappa shape index (κ2) is 9.07. The van der Waals surface area contributed by atoms with E-state index in [0.717, 1.165) is 0 Å². The normalized spacial score (nSPS) is 11.7. The van der Waals surface area contributed by atoms with Gasteiger partial charge in [-0.15, -0.1) is 0 Å². The Balaban J connectivity index is 1.76. The third-order valence-corrected chi connectivity index (χ3v) is 4.55. The highest BCUT2D eigenvalue weighted by Gasteiger charge is 2.21. The van der Waals surface area contributed by atoms with Crippen molar-refractivity contribution in [2.24, 2.45) is 0 Å². The number of hydrogen-bond acceptors (Lipinski definition) is 10. The fourth-order valence-electron chi connectivity index (χ4n) is 2.84. The molecule has 1 amide bonds. The molecule has 0 radical (unpaired) electrons. The van der Waals surface area contributed by atoms with E-state index >= 15 is 0 Å². The fourth-order valence-corrected chi connectivity index (χ4v) is 2.84. The first kappa shape index (κ1) is 22.1. The summed E-state index contributed by atoms with van der Waals surface area (Å²) in [7, 11) is 1.73. The molecule has 0 saturated heterocycles. The number of fused-ring (bicyclic) bond motifs is 1. The molecule has 0 aliphatic heterocycles. The standard InChI is InChI=1S/C19H20N8O5/c1-27(12-8-22-14-15(20)25-19(21)26-16(14)24-12)10-4-2-9(3-5-10)17(30)23-11(18(31)32)6-7-13(28)29/h2-5,8,11H,6-7H2,1H3,(H,23,30)(H,28,29)(H,31,32)(H4,20,21,24,25,26). The zero-order chi connectivity index (χ0) is 23.4. The number of rotatable bonds is 8. The van der Waals surface area contributed by atoms with Crippen molar-refractivity contribution < 1.29 is 24.6 Å². The van der Waals surface area contributed by atoms with E-state index in [1.54, 1.807) is 24.1 Å². The molecule has 0 spiro atoms. The van der Waals surface area contributed by atoms with Gasteiger partial charge in [-0.05, 0) is 30.7 Å². The van der Waals surface area contributed by atoms with Crippen LogP contribution < -0.4 is 21.7 Å². The topological polar surface area (TPSA) is 211 Å². The molecule has 7 N–H and O–H groups in total. The maximum atomic E-state index is 12.4. The van der Waals surface area contributed by atoms with Gasteiger partial charge in [0.15, 0.2) is 22.8 Å². The number of carbonyl (C=O) groups excluding carboxylic acids is 1. The van der Waals surface area contributed by atoms with Gasteiger partial charge in [-0.2, -0.15) is 9.97 Å². The largest absolute Gasteiger partial charge is 0.481 e. The number of nitrogens with zero attached hydrogens (tertiary/aromatic N) is 5. The van der Waals surface area contributed by atoms with Crippen molar-refractivity contribution in [1.29, 1.82) is 0 Å². The van der Waals surface area contributed by atoms with Gasteiger partial charge in [0.2, 0.25) is 5.95 Å². The van der Waals surface area contributed by atoms with Gasteiger partial charge in [0.25, 0.3) is 5.91 Å². The minimum absolute atomic E-state index is 0.0255. The van der Waals surface area contributed by atoms with Crippen LogP contribution in [-0.2, 0) is 9.59 Å². The van der Waals surface area contributed by atoms with Gasteiger partial charge >= 0.3 is 11.9 Å². The molecule has 2 aromatic heterocycles. The summed E-state index contributed by atoms with van der Waals surface area (Å²) < 4.78 is 0. The van der Waals surface area contributed by atoms with E-state index in [-0.39, 0.29) is 35.8 Å². The number of nitrogens with one attached hydrogen (secondary N) is 1. The third-order valence-electron chi connectivity index (χ3n) is 4.55. The first-order valence-electron chi connectivity index (χ1n) is 9.30. The minimum atomic E-state index is -1.31. The number of amides is 1. The second-order valence-electron chi connectivity index (χ2n) is 6.77. The lowest BCUT2D eigenvalue weighted by molar-refractivity contribution is -0.140. The van der Waals surface area contributed by atoms with Gasteiger partial charge in [-0.25, -0.2) is 14.8 Å². The number of aromatic nitrogens is 4. The third kappa shape index (κ3) is 4.95. The average molecular weight is 440 g/mol. The highest BCUT2D eigenvalue weighted by molar-refractivity contribution is 5.97. The monoisotopic (exact) mass is 440 g/mol. The Morgan fingerprint density at radius 1 is 1.09 bits per heavy atom. The molecule has 0 aliphatic carbocycles. The minimum Gasteiger partial charge on any atom is -0.481 e. The maximum absolute atomic E-state index is 12.4. The second-order valence-corrected chi connectivity index (χ2v) is 6.77. The Labute approximate surface area is 181 Å². The Bertz CT molecular complexity index is 1180. The molecule has 1 aromatic carbocycles. The molecule has 13 nitrogen and oxygen atoms in total. The molecule has 0 bridgehead atoms. The van der Waals surface area contributed by atoms with Crippen LogP contribution >= 0.6 is 0 Å². The summed E-state index contributed by atoms with van der Waals surface area (Å²) >= 11 is 0. The van der Waals surface area contributed by atoms with Crippen LogP contribution in [0.5, 0.6) is 0 Å². The number of hydrogen-bond donors (Lipinski definition) is 5. The van der Waals surface area contributed by atoms with Gasteiger partial charge < -0.3 is 31.9 Å². The molecule has 0 aliphatic rings. The van der Waals surface area contributed by atoms with E-state index < -0.39 is 23.9 Å². The quantitative estimate of drug-likeness (QED) is 0.322. The number of carboxylic acid groups (broad SMARTS) is 2. The van der Waals surface area contributed by atoms with Gasteiger partial charge in [-0.3, -0.25) is 9.59 Å². The summed E-state index contributed by atoms with van der Waals surface area (Å²) in [6.45, 7) is 0. The van der Waals surface area contributed by atoms with Crippen LogP contribution in [0.4, 0.5) is 23.3 Å². The van der Waals surface area contributed by atoms with Crippen LogP contribution in [0.15, 0.2) is 30.5 Å². The molecule has 2 heterocycles. The summed E-state index contributed by atoms with van der Waals surface area (Å²) in [5, 5.41) is 20.2. The van der Waals surface area contributed by atoms with Crippen molar-refractivity contribution in [2.75, 3.05) is 23.4 Å². The van der Waals surface area contributed by atoms with E-state index in [1.807, 2.05) is 0 Å². The number of carboxylic acids is 2.